The lowest BCUT2D eigenvalue weighted by Gasteiger charge is -2.26. The van der Waals surface area contributed by atoms with Gasteiger partial charge in [-0.25, -0.2) is 0 Å². The van der Waals surface area contributed by atoms with E-state index in [1.54, 1.807) is 19.2 Å². The van der Waals surface area contributed by atoms with Gasteiger partial charge in [-0.1, -0.05) is 0 Å². The maximum absolute atomic E-state index is 12.9. The second kappa shape index (κ2) is 10.2. The molecule has 2 aliphatic rings. The first-order valence-corrected chi connectivity index (χ1v) is 11.0. The molecular formula is C25H28O10. The third-order valence-electron chi connectivity index (χ3n) is 6.07. The first-order valence-electron chi connectivity index (χ1n) is 11.0. The molecule has 4 rings (SSSR count). The Morgan fingerprint density at radius 3 is 2.23 bits per heavy atom. The summed E-state index contributed by atoms with van der Waals surface area (Å²) in [5, 5.41) is 0. The molecule has 0 aliphatic carbocycles. The van der Waals surface area contributed by atoms with Crippen LogP contribution in [-0.2, 0) is 25.5 Å². The fourth-order valence-corrected chi connectivity index (χ4v) is 4.54. The van der Waals surface area contributed by atoms with Gasteiger partial charge in [0, 0.05) is 18.4 Å². The van der Waals surface area contributed by atoms with Crippen LogP contribution in [0, 0.1) is 11.8 Å². The van der Waals surface area contributed by atoms with E-state index in [-0.39, 0.29) is 19.3 Å². The Kier molecular flexibility index (Phi) is 7.09. The lowest BCUT2D eigenvalue weighted by atomic mass is 9.82. The monoisotopic (exact) mass is 488 g/mol. The standard InChI is InChI=1S/C25H28O10/c1-13(26)35-22(15-9-18(29-3)23(31-5)19(10-15)30-4)21-16(11-32-25(21)27)6-14-7-17(28-2)24-20(8-14)33-12-34-24/h7-10,16,21-22H,6,11-12H2,1-5H3/t16-,21-,22-/m0/s1. The van der Waals surface area contributed by atoms with Gasteiger partial charge in [-0.15, -0.1) is 0 Å². The fraction of sp³-hybridized carbons (Fsp3) is 0.440. The minimum atomic E-state index is -0.933. The summed E-state index contributed by atoms with van der Waals surface area (Å²) in [6.07, 6.45) is -0.483. The molecule has 10 nitrogen and oxygen atoms in total. The normalized spacial score (nSPS) is 19.1. The van der Waals surface area contributed by atoms with E-state index in [1.807, 2.05) is 12.1 Å². The molecule has 0 aromatic heterocycles. The van der Waals surface area contributed by atoms with Gasteiger partial charge >= 0.3 is 11.9 Å². The number of rotatable bonds is 9. The van der Waals surface area contributed by atoms with Crippen LogP contribution in [0.1, 0.15) is 24.2 Å². The molecular weight excluding hydrogens is 460 g/mol. The van der Waals surface area contributed by atoms with Crippen LogP contribution in [0.25, 0.3) is 0 Å². The van der Waals surface area contributed by atoms with E-state index in [4.69, 9.17) is 37.9 Å². The molecule has 0 amide bonds. The van der Waals surface area contributed by atoms with Crippen LogP contribution >= 0.6 is 0 Å². The Bertz CT molecular complexity index is 1090. The summed E-state index contributed by atoms with van der Waals surface area (Å²) in [6.45, 7) is 1.57. The molecule has 0 radical (unpaired) electrons. The van der Waals surface area contributed by atoms with Crippen LogP contribution in [0.5, 0.6) is 34.5 Å². The average Bonchev–Trinajstić information content (AvgIpc) is 3.47. The minimum absolute atomic E-state index is 0.110. The third kappa shape index (κ3) is 4.73. The van der Waals surface area contributed by atoms with Gasteiger partial charge in [0.25, 0.3) is 0 Å². The molecule has 0 spiro atoms. The van der Waals surface area contributed by atoms with E-state index in [2.05, 4.69) is 0 Å². The minimum Gasteiger partial charge on any atom is -0.493 e. The summed E-state index contributed by atoms with van der Waals surface area (Å²) < 4.78 is 43.9. The maximum atomic E-state index is 12.9. The SMILES string of the molecule is COc1cc([C@H](OC(C)=O)[C@H]2C(=O)OC[C@@H]2Cc2cc(OC)c3c(c2)OCO3)cc(OC)c1OC. The van der Waals surface area contributed by atoms with E-state index >= 15 is 0 Å². The number of ether oxygens (including phenoxy) is 8. The van der Waals surface area contributed by atoms with Crippen LogP contribution in [0.15, 0.2) is 24.3 Å². The molecule has 0 unspecified atom stereocenters. The zero-order valence-corrected chi connectivity index (χ0v) is 20.2. The number of methoxy groups -OCH3 is 4. The van der Waals surface area contributed by atoms with E-state index in [0.717, 1.165) is 5.56 Å². The summed E-state index contributed by atoms with van der Waals surface area (Å²) in [6, 6.07) is 7.03. The predicted octanol–water partition coefficient (Wildman–Crippen LogP) is 3.09. The number of carbonyl (C=O) groups excluding carboxylic acids is 2. The molecule has 0 bridgehead atoms. The van der Waals surface area contributed by atoms with Gasteiger partial charge in [0.05, 0.1) is 35.0 Å². The molecule has 3 atom stereocenters. The Balaban J connectivity index is 1.71. The van der Waals surface area contributed by atoms with Gasteiger partial charge in [0.2, 0.25) is 18.3 Å². The second-order valence-corrected chi connectivity index (χ2v) is 8.14. The molecule has 2 aromatic carbocycles. The first kappa shape index (κ1) is 24.3. The van der Waals surface area contributed by atoms with Crippen LogP contribution in [0.2, 0.25) is 0 Å². The summed E-state index contributed by atoms with van der Waals surface area (Å²) in [5.41, 5.74) is 1.39. The fourth-order valence-electron chi connectivity index (χ4n) is 4.54. The number of hydrogen-bond acceptors (Lipinski definition) is 10. The number of carbonyl (C=O) groups is 2. The number of fused-ring (bicyclic) bond motifs is 1. The zero-order valence-electron chi connectivity index (χ0n) is 20.2. The van der Waals surface area contributed by atoms with Gasteiger partial charge in [-0.3, -0.25) is 9.59 Å². The largest absolute Gasteiger partial charge is 0.493 e. The molecule has 0 N–H and O–H groups in total. The molecule has 10 heteroatoms. The van der Waals surface area contributed by atoms with Crippen molar-refractivity contribution in [1.29, 1.82) is 0 Å². The summed E-state index contributed by atoms with van der Waals surface area (Å²) in [4.78, 5) is 25.0. The molecule has 1 saturated heterocycles. The Morgan fingerprint density at radius 1 is 0.943 bits per heavy atom. The topological polar surface area (TPSA) is 108 Å². The van der Waals surface area contributed by atoms with Crippen molar-refractivity contribution in [2.24, 2.45) is 11.8 Å². The quantitative estimate of drug-likeness (QED) is 0.489. The third-order valence-corrected chi connectivity index (χ3v) is 6.07. The van der Waals surface area contributed by atoms with Crippen LogP contribution in [0.3, 0.4) is 0 Å². The van der Waals surface area contributed by atoms with Gasteiger partial charge in [-0.2, -0.15) is 0 Å². The van der Waals surface area contributed by atoms with E-state index < -0.39 is 24.0 Å². The van der Waals surface area contributed by atoms with Crippen LogP contribution in [-0.4, -0.2) is 53.8 Å². The summed E-state index contributed by atoms with van der Waals surface area (Å²) >= 11 is 0. The highest BCUT2D eigenvalue weighted by Gasteiger charge is 2.45. The van der Waals surface area contributed by atoms with Gasteiger partial charge in [0.1, 0.15) is 12.0 Å². The van der Waals surface area contributed by atoms with Crippen molar-refractivity contribution in [3.8, 4) is 34.5 Å². The molecule has 0 saturated carbocycles. The Labute approximate surface area is 202 Å². The van der Waals surface area contributed by atoms with Crippen molar-refractivity contribution in [2.75, 3.05) is 41.8 Å². The summed E-state index contributed by atoms with van der Waals surface area (Å²) in [7, 11) is 6.02. The van der Waals surface area contributed by atoms with Gasteiger partial charge < -0.3 is 37.9 Å². The van der Waals surface area contributed by atoms with Crippen molar-refractivity contribution in [3.63, 3.8) is 0 Å². The molecule has 1 fully saturated rings. The average molecular weight is 488 g/mol. The lowest BCUT2D eigenvalue weighted by molar-refractivity contribution is -0.155. The second-order valence-electron chi connectivity index (χ2n) is 8.14. The number of esters is 2. The Hall–Kier alpha value is -3.82. The van der Waals surface area contributed by atoms with Gasteiger partial charge in [-0.05, 0) is 36.2 Å². The molecule has 2 heterocycles. The van der Waals surface area contributed by atoms with Crippen molar-refractivity contribution in [3.05, 3.63) is 35.4 Å². The van der Waals surface area contributed by atoms with Crippen molar-refractivity contribution in [1.82, 2.24) is 0 Å². The molecule has 2 aromatic rings. The van der Waals surface area contributed by atoms with Gasteiger partial charge in [0.15, 0.2) is 23.0 Å². The van der Waals surface area contributed by atoms with Crippen LogP contribution in [0.4, 0.5) is 0 Å². The number of hydrogen-bond donors (Lipinski definition) is 0. The highest BCUT2D eigenvalue weighted by molar-refractivity contribution is 5.77. The van der Waals surface area contributed by atoms with Crippen molar-refractivity contribution >= 4 is 11.9 Å². The van der Waals surface area contributed by atoms with Crippen molar-refractivity contribution < 1.29 is 47.5 Å². The zero-order chi connectivity index (χ0) is 25.1. The molecule has 35 heavy (non-hydrogen) atoms. The van der Waals surface area contributed by atoms with E-state index in [0.29, 0.717) is 46.5 Å². The number of cyclic esters (lactones) is 1. The van der Waals surface area contributed by atoms with E-state index in [9.17, 15) is 9.59 Å². The van der Waals surface area contributed by atoms with Crippen molar-refractivity contribution in [2.45, 2.75) is 19.4 Å². The molecule has 188 valence electrons. The van der Waals surface area contributed by atoms with E-state index in [1.165, 1.54) is 28.3 Å². The summed E-state index contributed by atoms with van der Waals surface area (Å²) in [5.74, 6) is 0.744. The highest BCUT2D eigenvalue weighted by atomic mass is 16.7. The van der Waals surface area contributed by atoms with Crippen LogP contribution < -0.4 is 28.4 Å². The predicted molar refractivity (Wildman–Crippen MR) is 121 cm³/mol. The Morgan fingerprint density at radius 2 is 1.63 bits per heavy atom. The number of benzene rings is 2. The highest BCUT2D eigenvalue weighted by Crippen LogP contribution is 2.46. The smallest absolute Gasteiger partial charge is 0.313 e. The maximum Gasteiger partial charge on any atom is 0.313 e. The lowest BCUT2D eigenvalue weighted by Crippen LogP contribution is -2.28. The first-order chi connectivity index (χ1) is 16.9. The molecule has 2 aliphatic heterocycles.